The number of carbonyl (C=O) groups excluding carboxylic acids is 1. The molecule has 1 N–H and O–H groups in total. The van der Waals surface area contributed by atoms with Crippen LogP contribution in [0.25, 0.3) is 0 Å². The molecule has 0 aliphatic carbocycles. The second kappa shape index (κ2) is 7.64. The van der Waals surface area contributed by atoms with Gasteiger partial charge in [0, 0.05) is 32.7 Å². The third-order valence-electron chi connectivity index (χ3n) is 4.07. The first-order valence-electron chi connectivity index (χ1n) is 7.75. The van der Waals surface area contributed by atoms with Crippen molar-refractivity contribution in [1.82, 2.24) is 14.5 Å². The maximum absolute atomic E-state index is 12.3. The van der Waals surface area contributed by atoms with E-state index in [1.165, 1.54) is 10.6 Å². The van der Waals surface area contributed by atoms with E-state index in [9.17, 15) is 13.2 Å². The van der Waals surface area contributed by atoms with Gasteiger partial charge in [0.25, 0.3) is 0 Å². The summed E-state index contributed by atoms with van der Waals surface area (Å²) in [6.07, 6.45) is 2.42. The normalized spacial score (nSPS) is 16.4. The highest BCUT2D eigenvalue weighted by molar-refractivity contribution is 7.88. The van der Waals surface area contributed by atoms with Crippen molar-refractivity contribution in [1.29, 1.82) is 5.26 Å². The van der Waals surface area contributed by atoms with E-state index in [4.69, 9.17) is 5.26 Å². The molecule has 7 nitrogen and oxygen atoms in total. The Morgan fingerprint density at radius 2 is 2.08 bits per heavy atom. The molecule has 2 amide bonds. The molecule has 0 saturated carbocycles. The second-order valence-corrected chi connectivity index (χ2v) is 8.04. The summed E-state index contributed by atoms with van der Waals surface area (Å²) in [7, 11) is -1.46. The summed E-state index contributed by atoms with van der Waals surface area (Å²) < 4.78 is 24.4. The number of hydrogen-bond donors (Lipinski definition) is 1. The molecule has 1 saturated heterocycles. The van der Waals surface area contributed by atoms with Crippen molar-refractivity contribution in [3.05, 3.63) is 35.4 Å². The molecule has 1 fully saturated rings. The average molecular weight is 350 g/mol. The van der Waals surface area contributed by atoms with Crippen LogP contribution in [0.5, 0.6) is 0 Å². The van der Waals surface area contributed by atoms with Crippen molar-refractivity contribution < 1.29 is 13.2 Å². The summed E-state index contributed by atoms with van der Waals surface area (Å²) in [4.78, 5) is 13.8. The SMILES string of the molecule is CN(Cc1cccc(C#N)c1)C(=O)NC1CCN(S(C)(=O)=O)CC1. The predicted molar refractivity (Wildman–Crippen MR) is 90.6 cm³/mol. The van der Waals surface area contributed by atoms with Crippen LogP contribution in [-0.2, 0) is 16.6 Å². The maximum Gasteiger partial charge on any atom is 0.317 e. The van der Waals surface area contributed by atoms with E-state index in [0.717, 1.165) is 5.56 Å². The number of sulfonamides is 1. The zero-order chi connectivity index (χ0) is 17.7. The summed E-state index contributed by atoms with van der Waals surface area (Å²) in [5, 5.41) is 11.9. The van der Waals surface area contributed by atoms with Crippen LogP contribution in [0.2, 0.25) is 0 Å². The average Bonchev–Trinajstić information content (AvgIpc) is 2.54. The van der Waals surface area contributed by atoms with Gasteiger partial charge in [-0.3, -0.25) is 0 Å². The Bertz CT molecular complexity index is 734. The van der Waals surface area contributed by atoms with Crippen LogP contribution in [0.1, 0.15) is 24.0 Å². The first kappa shape index (κ1) is 18.2. The zero-order valence-electron chi connectivity index (χ0n) is 13.9. The third kappa shape index (κ3) is 4.94. The van der Waals surface area contributed by atoms with E-state index in [-0.39, 0.29) is 12.1 Å². The zero-order valence-corrected chi connectivity index (χ0v) is 14.7. The number of piperidine rings is 1. The van der Waals surface area contributed by atoms with Crippen LogP contribution < -0.4 is 5.32 Å². The molecule has 130 valence electrons. The summed E-state index contributed by atoms with van der Waals surface area (Å²) in [5.74, 6) is 0. The molecule has 8 heteroatoms. The number of benzene rings is 1. The molecule has 0 bridgehead atoms. The quantitative estimate of drug-likeness (QED) is 0.881. The third-order valence-corrected chi connectivity index (χ3v) is 5.38. The number of carbonyl (C=O) groups is 1. The van der Waals surface area contributed by atoms with Gasteiger partial charge in [-0.15, -0.1) is 0 Å². The van der Waals surface area contributed by atoms with Gasteiger partial charge in [-0.25, -0.2) is 17.5 Å². The van der Waals surface area contributed by atoms with Gasteiger partial charge in [-0.2, -0.15) is 5.26 Å². The molecule has 1 heterocycles. The summed E-state index contributed by atoms with van der Waals surface area (Å²) >= 11 is 0. The van der Waals surface area contributed by atoms with Crippen molar-refractivity contribution in [2.45, 2.75) is 25.4 Å². The predicted octanol–water partition coefficient (Wildman–Crippen LogP) is 1.12. The van der Waals surface area contributed by atoms with Gasteiger partial charge >= 0.3 is 6.03 Å². The smallest absolute Gasteiger partial charge is 0.317 e. The van der Waals surface area contributed by atoms with Gasteiger partial charge in [0.1, 0.15) is 0 Å². The molecule has 1 aromatic carbocycles. The van der Waals surface area contributed by atoms with Crippen LogP contribution in [-0.4, -0.2) is 56.1 Å². The number of amides is 2. The number of rotatable bonds is 4. The van der Waals surface area contributed by atoms with Crippen LogP contribution in [0.15, 0.2) is 24.3 Å². The lowest BCUT2D eigenvalue weighted by molar-refractivity contribution is 0.195. The lowest BCUT2D eigenvalue weighted by atomic mass is 10.1. The fourth-order valence-electron chi connectivity index (χ4n) is 2.70. The largest absolute Gasteiger partial charge is 0.335 e. The number of urea groups is 1. The minimum absolute atomic E-state index is 0.0246. The Balaban J connectivity index is 1.85. The highest BCUT2D eigenvalue weighted by Crippen LogP contribution is 2.14. The van der Waals surface area contributed by atoms with Crippen molar-refractivity contribution in [2.24, 2.45) is 0 Å². The molecule has 1 aliphatic heterocycles. The van der Waals surface area contributed by atoms with Crippen molar-refractivity contribution in [3.8, 4) is 6.07 Å². The monoisotopic (exact) mass is 350 g/mol. The molecule has 0 spiro atoms. The van der Waals surface area contributed by atoms with E-state index in [2.05, 4.69) is 11.4 Å². The first-order valence-corrected chi connectivity index (χ1v) is 9.60. The van der Waals surface area contributed by atoms with Gasteiger partial charge < -0.3 is 10.2 Å². The summed E-state index contributed by atoms with van der Waals surface area (Å²) in [6.45, 7) is 1.26. The van der Waals surface area contributed by atoms with Gasteiger partial charge in [0.2, 0.25) is 10.0 Å². The second-order valence-electron chi connectivity index (χ2n) is 6.05. The van der Waals surface area contributed by atoms with Crippen LogP contribution in [0.3, 0.4) is 0 Å². The molecule has 2 rings (SSSR count). The van der Waals surface area contributed by atoms with Gasteiger partial charge in [0.05, 0.1) is 17.9 Å². The lowest BCUT2D eigenvalue weighted by Crippen LogP contribution is -2.49. The Labute approximate surface area is 142 Å². The van der Waals surface area contributed by atoms with E-state index in [0.29, 0.717) is 38.0 Å². The van der Waals surface area contributed by atoms with Crippen molar-refractivity contribution in [3.63, 3.8) is 0 Å². The molecular formula is C16H22N4O3S. The molecule has 1 aromatic rings. The number of nitrogens with one attached hydrogen (secondary N) is 1. The fraction of sp³-hybridized carbons (Fsp3) is 0.500. The van der Waals surface area contributed by atoms with E-state index in [1.54, 1.807) is 30.1 Å². The standard InChI is InChI=1S/C16H22N4O3S/c1-19(12-14-5-3-4-13(10-14)11-17)16(21)18-15-6-8-20(9-7-15)24(2,22)23/h3-5,10,15H,6-9,12H2,1-2H3,(H,18,21). The van der Waals surface area contributed by atoms with Gasteiger partial charge in [-0.1, -0.05) is 12.1 Å². The van der Waals surface area contributed by atoms with Crippen LogP contribution in [0, 0.1) is 11.3 Å². The van der Waals surface area contributed by atoms with Crippen molar-refractivity contribution in [2.75, 3.05) is 26.4 Å². The molecule has 24 heavy (non-hydrogen) atoms. The molecule has 0 aromatic heterocycles. The topological polar surface area (TPSA) is 93.5 Å². The summed E-state index contributed by atoms with van der Waals surface area (Å²) in [5.41, 5.74) is 1.45. The molecule has 0 radical (unpaired) electrons. The first-order chi connectivity index (χ1) is 11.3. The number of nitriles is 1. The highest BCUT2D eigenvalue weighted by atomic mass is 32.2. The van der Waals surface area contributed by atoms with E-state index >= 15 is 0 Å². The van der Waals surface area contributed by atoms with E-state index in [1.807, 2.05) is 6.07 Å². The van der Waals surface area contributed by atoms with E-state index < -0.39 is 10.0 Å². The molecule has 0 atom stereocenters. The lowest BCUT2D eigenvalue weighted by Gasteiger charge is -2.31. The highest BCUT2D eigenvalue weighted by Gasteiger charge is 2.26. The Morgan fingerprint density at radius 3 is 2.67 bits per heavy atom. The Hall–Kier alpha value is -2.11. The Morgan fingerprint density at radius 1 is 1.42 bits per heavy atom. The Kier molecular flexibility index (Phi) is 5.80. The molecule has 0 unspecified atom stereocenters. The van der Waals surface area contributed by atoms with Crippen LogP contribution in [0.4, 0.5) is 4.79 Å². The molecular weight excluding hydrogens is 328 g/mol. The minimum Gasteiger partial charge on any atom is -0.335 e. The number of nitrogens with zero attached hydrogens (tertiary/aromatic N) is 3. The van der Waals surface area contributed by atoms with Gasteiger partial charge in [0.15, 0.2) is 0 Å². The summed E-state index contributed by atoms with van der Waals surface area (Å²) in [6, 6.07) is 9.00. The molecule has 1 aliphatic rings. The maximum atomic E-state index is 12.3. The van der Waals surface area contributed by atoms with Gasteiger partial charge in [-0.05, 0) is 30.5 Å². The number of hydrogen-bond acceptors (Lipinski definition) is 4. The minimum atomic E-state index is -3.16. The van der Waals surface area contributed by atoms with Crippen molar-refractivity contribution >= 4 is 16.1 Å². The fourth-order valence-corrected chi connectivity index (χ4v) is 3.58. The van der Waals surface area contributed by atoms with Crippen LogP contribution >= 0.6 is 0 Å².